The normalized spacial score (nSPS) is 26.2. The Morgan fingerprint density at radius 3 is 2.79 bits per heavy atom. The number of nitrogens with one attached hydrogen (secondary N) is 2. The number of hydrogen-bond donors (Lipinski definition) is 3. The summed E-state index contributed by atoms with van der Waals surface area (Å²) in [5.74, 6) is 5.28. The highest BCUT2D eigenvalue weighted by atomic mass is 16.5. The molecule has 2 atom stereocenters. The molecule has 1 saturated heterocycles. The Morgan fingerprint density at radius 2 is 2.26 bits per heavy atom. The van der Waals surface area contributed by atoms with E-state index in [0.29, 0.717) is 12.2 Å². The second kappa shape index (κ2) is 5.19. The first-order valence-corrected chi connectivity index (χ1v) is 6.47. The molecule has 0 saturated carbocycles. The molecule has 5 heteroatoms. The smallest absolute Gasteiger partial charge is 0.252 e. The van der Waals surface area contributed by atoms with Crippen molar-refractivity contribution in [1.29, 1.82) is 0 Å². The van der Waals surface area contributed by atoms with Gasteiger partial charge in [0.1, 0.15) is 0 Å². The fourth-order valence-electron chi connectivity index (χ4n) is 2.33. The fraction of sp³-hybridized carbons (Fsp3) is 0.500. The Labute approximate surface area is 113 Å². The number of amides is 1. The van der Waals surface area contributed by atoms with Crippen LogP contribution < -0.4 is 16.6 Å². The Bertz CT molecular complexity index is 490. The Balaban J connectivity index is 2.16. The van der Waals surface area contributed by atoms with Gasteiger partial charge >= 0.3 is 0 Å². The van der Waals surface area contributed by atoms with Gasteiger partial charge in [-0.15, -0.1) is 0 Å². The number of hydrazine groups is 1. The van der Waals surface area contributed by atoms with E-state index in [1.54, 1.807) is 12.1 Å². The number of anilines is 1. The van der Waals surface area contributed by atoms with Crippen LogP contribution >= 0.6 is 0 Å². The first-order chi connectivity index (χ1) is 8.96. The summed E-state index contributed by atoms with van der Waals surface area (Å²) in [6.45, 7) is 6.59. The minimum absolute atomic E-state index is 0.0294. The van der Waals surface area contributed by atoms with Crippen LogP contribution in [0.25, 0.3) is 0 Å². The molecule has 0 spiro atoms. The van der Waals surface area contributed by atoms with Crippen molar-refractivity contribution in [2.24, 2.45) is 5.84 Å². The second-order valence-electron chi connectivity index (χ2n) is 5.31. The van der Waals surface area contributed by atoms with Crippen molar-refractivity contribution in [3.8, 4) is 0 Å². The van der Waals surface area contributed by atoms with Gasteiger partial charge in [0.15, 0.2) is 0 Å². The summed E-state index contributed by atoms with van der Waals surface area (Å²) in [5, 5.41) is 3.08. The van der Waals surface area contributed by atoms with E-state index in [1.807, 2.05) is 26.8 Å². The summed E-state index contributed by atoms with van der Waals surface area (Å²) >= 11 is 0. The maximum Gasteiger partial charge on any atom is 0.252 e. The number of rotatable bonds is 3. The van der Waals surface area contributed by atoms with Crippen LogP contribution in [0.3, 0.4) is 0 Å². The minimum Gasteiger partial charge on any atom is -0.376 e. The molecular formula is C14H21N3O2. The van der Waals surface area contributed by atoms with Crippen molar-refractivity contribution in [3.05, 3.63) is 29.3 Å². The average Bonchev–Trinajstić information content (AvgIpc) is 2.68. The topological polar surface area (TPSA) is 76.4 Å². The largest absolute Gasteiger partial charge is 0.376 e. The van der Waals surface area contributed by atoms with Crippen molar-refractivity contribution >= 4 is 11.6 Å². The number of carbonyl (C=O) groups excluding carboxylic acids is 1. The summed E-state index contributed by atoms with van der Waals surface area (Å²) in [6, 6.07) is 5.42. The predicted octanol–water partition coefficient (Wildman–Crippen LogP) is 1.58. The Morgan fingerprint density at radius 1 is 1.53 bits per heavy atom. The zero-order valence-electron chi connectivity index (χ0n) is 11.6. The summed E-state index contributed by atoms with van der Waals surface area (Å²) < 4.78 is 5.53. The van der Waals surface area contributed by atoms with Crippen LogP contribution in [-0.4, -0.2) is 24.2 Å². The van der Waals surface area contributed by atoms with Crippen LogP contribution in [0.15, 0.2) is 18.2 Å². The van der Waals surface area contributed by atoms with E-state index in [9.17, 15) is 4.79 Å². The number of carbonyl (C=O) groups is 1. The third-order valence-corrected chi connectivity index (χ3v) is 3.92. The molecule has 1 aliphatic rings. The summed E-state index contributed by atoms with van der Waals surface area (Å²) in [5.41, 5.74) is 4.62. The van der Waals surface area contributed by atoms with Gasteiger partial charge in [-0.3, -0.25) is 10.6 Å². The lowest BCUT2D eigenvalue weighted by molar-refractivity contribution is 0.0727. The zero-order chi connectivity index (χ0) is 14.0. The molecule has 1 aliphatic heterocycles. The molecule has 0 radical (unpaired) electrons. The van der Waals surface area contributed by atoms with Crippen molar-refractivity contribution in [2.75, 3.05) is 12.0 Å². The Hall–Kier alpha value is -1.59. The van der Waals surface area contributed by atoms with Crippen LogP contribution in [0, 0.1) is 6.92 Å². The molecule has 1 fully saturated rings. The quantitative estimate of drug-likeness (QED) is 0.571. The highest BCUT2D eigenvalue weighted by molar-refractivity contribution is 5.96. The molecule has 2 unspecified atom stereocenters. The highest BCUT2D eigenvalue weighted by Crippen LogP contribution is 2.26. The zero-order valence-corrected chi connectivity index (χ0v) is 11.6. The van der Waals surface area contributed by atoms with Gasteiger partial charge in [-0.25, -0.2) is 0 Å². The van der Waals surface area contributed by atoms with Gasteiger partial charge in [-0.2, -0.15) is 0 Å². The van der Waals surface area contributed by atoms with Gasteiger partial charge in [0.2, 0.25) is 0 Å². The van der Waals surface area contributed by atoms with E-state index < -0.39 is 0 Å². The summed E-state index contributed by atoms with van der Waals surface area (Å²) in [7, 11) is 0. The molecule has 1 aromatic carbocycles. The van der Waals surface area contributed by atoms with Crippen LogP contribution in [0.1, 0.15) is 36.2 Å². The number of benzene rings is 1. The van der Waals surface area contributed by atoms with E-state index in [0.717, 1.165) is 17.7 Å². The van der Waals surface area contributed by atoms with Crippen LogP contribution in [-0.2, 0) is 4.74 Å². The van der Waals surface area contributed by atoms with Gasteiger partial charge in [0.05, 0.1) is 11.6 Å². The SMILES string of the molecule is Cc1cc(NN)ccc1C(=O)NC1(C)CCOC1C. The van der Waals surface area contributed by atoms with Crippen molar-refractivity contribution < 1.29 is 9.53 Å². The monoisotopic (exact) mass is 263 g/mol. The van der Waals surface area contributed by atoms with Gasteiger partial charge < -0.3 is 15.5 Å². The molecule has 0 bridgehead atoms. The lowest BCUT2D eigenvalue weighted by Gasteiger charge is -2.29. The maximum atomic E-state index is 12.4. The molecule has 104 valence electrons. The molecule has 19 heavy (non-hydrogen) atoms. The minimum atomic E-state index is -0.297. The number of aryl methyl sites for hydroxylation is 1. The van der Waals surface area contributed by atoms with Gasteiger partial charge in [0.25, 0.3) is 5.91 Å². The van der Waals surface area contributed by atoms with Crippen LogP contribution in [0.2, 0.25) is 0 Å². The van der Waals surface area contributed by atoms with Gasteiger partial charge in [0, 0.05) is 17.9 Å². The Kier molecular flexibility index (Phi) is 3.78. The third kappa shape index (κ3) is 2.72. The van der Waals surface area contributed by atoms with Crippen molar-refractivity contribution in [2.45, 2.75) is 38.8 Å². The fourth-order valence-corrected chi connectivity index (χ4v) is 2.33. The van der Waals surface area contributed by atoms with E-state index in [4.69, 9.17) is 10.6 Å². The van der Waals surface area contributed by atoms with E-state index in [1.165, 1.54) is 0 Å². The molecule has 0 aliphatic carbocycles. The number of ether oxygens (including phenoxy) is 1. The number of nitrogens with two attached hydrogens (primary N) is 1. The second-order valence-corrected chi connectivity index (χ2v) is 5.31. The van der Waals surface area contributed by atoms with Gasteiger partial charge in [-0.1, -0.05) is 0 Å². The molecule has 5 nitrogen and oxygen atoms in total. The lowest BCUT2D eigenvalue weighted by atomic mass is 9.93. The lowest BCUT2D eigenvalue weighted by Crippen LogP contribution is -2.50. The highest BCUT2D eigenvalue weighted by Gasteiger charge is 2.38. The van der Waals surface area contributed by atoms with Crippen molar-refractivity contribution in [3.63, 3.8) is 0 Å². The van der Waals surface area contributed by atoms with E-state index >= 15 is 0 Å². The summed E-state index contributed by atoms with van der Waals surface area (Å²) in [6.07, 6.45) is 0.864. The van der Waals surface area contributed by atoms with Crippen LogP contribution in [0.4, 0.5) is 5.69 Å². The maximum absolute atomic E-state index is 12.4. The van der Waals surface area contributed by atoms with Crippen LogP contribution in [0.5, 0.6) is 0 Å². The molecule has 1 heterocycles. The third-order valence-electron chi connectivity index (χ3n) is 3.92. The first-order valence-electron chi connectivity index (χ1n) is 6.47. The van der Waals surface area contributed by atoms with E-state index in [2.05, 4.69) is 10.7 Å². The van der Waals surface area contributed by atoms with Gasteiger partial charge in [-0.05, 0) is 51.0 Å². The number of nitrogen functional groups attached to an aromatic ring is 1. The molecule has 2 rings (SSSR count). The first kappa shape index (κ1) is 13.8. The molecule has 1 amide bonds. The predicted molar refractivity (Wildman–Crippen MR) is 74.9 cm³/mol. The molecule has 1 aromatic rings. The molecular weight excluding hydrogens is 242 g/mol. The molecule has 0 aromatic heterocycles. The summed E-state index contributed by atoms with van der Waals surface area (Å²) in [4.78, 5) is 12.4. The average molecular weight is 263 g/mol. The molecule has 4 N–H and O–H groups in total. The standard InChI is InChI=1S/C14H21N3O2/c1-9-8-11(17-15)4-5-12(9)13(18)16-14(3)6-7-19-10(14)2/h4-5,8,10,17H,6-7,15H2,1-3H3,(H,16,18). The number of hydrogen-bond acceptors (Lipinski definition) is 4. The van der Waals surface area contributed by atoms with Crippen molar-refractivity contribution in [1.82, 2.24) is 5.32 Å². The van der Waals surface area contributed by atoms with E-state index in [-0.39, 0.29) is 17.6 Å².